The summed E-state index contributed by atoms with van der Waals surface area (Å²) in [5.41, 5.74) is 7.92. The summed E-state index contributed by atoms with van der Waals surface area (Å²) >= 11 is 3.31. The molecule has 108 valence electrons. The van der Waals surface area contributed by atoms with Crippen molar-refractivity contribution in [3.63, 3.8) is 0 Å². The highest BCUT2D eigenvalue weighted by atomic mass is 79.9. The predicted octanol–water partition coefficient (Wildman–Crippen LogP) is 2.58. The van der Waals surface area contributed by atoms with E-state index in [0.29, 0.717) is 27.3 Å². The topological polar surface area (TPSA) is 98.2 Å². The molecular weight excluding hydrogens is 346 g/mol. The van der Waals surface area contributed by atoms with Crippen LogP contribution in [0.1, 0.15) is 17.0 Å². The van der Waals surface area contributed by atoms with E-state index in [9.17, 15) is 8.42 Å². The molecule has 0 bridgehead atoms. The van der Waals surface area contributed by atoms with Gasteiger partial charge in [-0.15, -0.1) is 0 Å². The number of nitrogens with two attached hydrogens (primary N) is 1. The van der Waals surface area contributed by atoms with Crippen molar-refractivity contribution in [2.45, 2.75) is 19.6 Å². The Labute approximate surface area is 125 Å². The zero-order valence-corrected chi connectivity index (χ0v) is 13.4. The zero-order chi connectivity index (χ0) is 14.9. The van der Waals surface area contributed by atoms with E-state index in [-0.39, 0.29) is 5.75 Å². The van der Waals surface area contributed by atoms with Gasteiger partial charge in [0.2, 0.25) is 10.0 Å². The Kier molecular flexibility index (Phi) is 4.05. The minimum absolute atomic E-state index is 0.259. The van der Waals surface area contributed by atoms with Crippen LogP contribution >= 0.6 is 15.9 Å². The van der Waals surface area contributed by atoms with Gasteiger partial charge < -0.3 is 10.3 Å². The summed E-state index contributed by atoms with van der Waals surface area (Å²) in [5.74, 6) is 0.306. The van der Waals surface area contributed by atoms with Gasteiger partial charge in [0.05, 0.1) is 5.69 Å². The second kappa shape index (κ2) is 5.45. The Morgan fingerprint density at radius 3 is 2.65 bits per heavy atom. The molecule has 6 nitrogen and oxygen atoms in total. The molecule has 0 saturated heterocycles. The zero-order valence-electron chi connectivity index (χ0n) is 11.0. The highest BCUT2D eigenvalue weighted by Crippen LogP contribution is 2.28. The number of sulfonamides is 1. The minimum Gasteiger partial charge on any atom is -0.398 e. The van der Waals surface area contributed by atoms with Crippen molar-refractivity contribution >= 4 is 37.3 Å². The van der Waals surface area contributed by atoms with Crippen molar-refractivity contribution in [1.29, 1.82) is 0 Å². The number of halogens is 1. The van der Waals surface area contributed by atoms with Gasteiger partial charge in [0, 0.05) is 16.2 Å². The fraction of sp³-hybridized carbons (Fsp3) is 0.250. The molecule has 2 aromatic rings. The predicted molar refractivity (Wildman–Crippen MR) is 80.8 cm³/mol. The number of nitrogen functional groups attached to an aromatic ring is 1. The number of hydrogen-bond donors (Lipinski definition) is 2. The Bertz CT molecular complexity index is 740. The summed E-state index contributed by atoms with van der Waals surface area (Å²) in [6.45, 7) is 3.55. The number of aryl methyl sites for hydroxylation is 2. The number of benzene rings is 1. The molecular formula is C12H14BrN3O3S. The highest BCUT2D eigenvalue weighted by Gasteiger charge is 2.16. The molecule has 3 N–H and O–H groups in total. The van der Waals surface area contributed by atoms with E-state index in [2.05, 4.69) is 25.8 Å². The maximum atomic E-state index is 12.1. The first kappa shape index (κ1) is 14.9. The van der Waals surface area contributed by atoms with Crippen molar-refractivity contribution in [2.75, 3.05) is 10.5 Å². The average molecular weight is 360 g/mol. The summed E-state index contributed by atoms with van der Waals surface area (Å²) in [5, 5.41) is 3.67. The first-order valence-corrected chi connectivity index (χ1v) is 8.19. The Balaban J connectivity index is 2.22. The van der Waals surface area contributed by atoms with Crippen LogP contribution in [0, 0.1) is 13.8 Å². The molecule has 2 rings (SSSR count). The van der Waals surface area contributed by atoms with Gasteiger partial charge in [0.1, 0.15) is 17.2 Å². The molecule has 0 unspecified atom stereocenters. The fourth-order valence-corrected chi connectivity index (χ4v) is 3.44. The number of rotatable bonds is 4. The number of hydrogen-bond acceptors (Lipinski definition) is 5. The first-order valence-electron chi connectivity index (χ1n) is 5.75. The van der Waals surface area contributed by atoms with Gasteiger partial charge in [-0.25, -0.2) is 8.42 Å². The Morgan fingerprint density at radius 1 is 1.35 bits per heavy atom. The molecule has 0 spiro atoms. The van der Waals surface area contributed by atoms with Crippen molar-refractivity contribution in [3.05, 3.63) is 39.7 Å². The van der Waals surface area contributed by atoms with Gasteiger partial charge >= 0.3 is 0 Å². The van der Waals surface area contributed by atoms with Gasteiger partial charge in [-0.1, -0.05) is 5.16 Å². The van der Waals surface area contributed by atoms with Crippen LogP contribution in [-0.4, -0.2) is 13.6 Å². The summed E-state index contributed by atoms with van der Waals surface area (Å²) in [7, 11) is -3.58. The molecule has 0 radical (unpaired) electrons. The van der Waals surface area contributed by atoms with Crippen molar-refractivity contribution in [2.24, 2.45) is 0 Å². The van der Waals surface area contributed by atoms with Crippen LogP contribution in [0.5, 0.6) is 0 Å². The highest BCUT2D eigenvalue weighted by molar-refractivity contribution is 9.10. The Hall–Kier alpha value is -1.54. The van der Waals surface area contributed by atoms with Crippen molar-refractivity contribution in [1.82, 2.24) is 5.16 Å². The molecule has 1 aromatic heterocycles. The van der Waals surface area contributed by atoms with Gasteiger partial charge in [0.15, 0.2) is 0 Å². The molecule has 0 saturated carbocycles. The van der Waals surface area contributed by atoms with Crippen LogP contribution in [0.4, 0.5) is 11.4 Å². The van der Waals surface area contributed by atoms with E-state index in [4.69, 9.17) is 10.3 Å². The monoisotopic (exact) mass is 359 g/mol. The molecule has 0 amide bonds. The van der Waals surface area contributed by atoms with Crippen LogP contribution in [0.15, 0.2) is 27.2 Å². The number of aromatic nitrogens is 1. The molecule has 0 atom stereocenters. The lowest BCUT2D eigenvalue weighted by Crippen LogP contribution is -2.16. The van der Waals surface area contributed by atoms with E-state index < -0.39 is 10.0 Å². The quantitative estimate of drug-likeness (QED) is 0.817. The van der Waals surface area contributed by atoms with Gasteiger partial charge in [-0.2, -0.15) is 0 Å². The lowest BCUT2D eigenvalue weighted by Gasteiger charge is -2.11. The van der Waals surface area contributed by atoms with E-state index in [1.165, 1.54) is 0 Å². The maximum absolute atomic E-state index is 12.1. The van der Waals surface area contributed by atoms with Gasteiger partial charge in [-0.3, -0.25) is 4.72 Å². The maximum Gasteiger partial charge on any atom is 0.238 e. The normalized spacial score (nSPS) is 11.6. The van der Waals surface area contributed by atoms with E-state index in [1.54, 1.807) is 25.1 Å². The number of nitrogens with zero attached hydrogens (tertiary/aromatic N) is 1. The summed E-state index contributed by atoms with van der Waals surface area (Å²) < 4.78 is 32.1. The summed E-state index contributed by atoms with van der Waals surface area (Å²) in [4.78, 5) is 0. The molecule has 0 fully saturated rings. The van der Waals surface area contributed by atoms with Crippen LogP contribution in [0.3, 0.4) is 0 Å². The molecule has 0 aliphatic carbocycles. The first-order chi connectivity index (χ1) is 9.27. The molecule has 20 heavy (non-hydrogen) atoms. The second-order valence-electron chi connectivity index (χ2n) is 4.48. The van der Waals surface area contributed by atoms with Gasteiger partial charge in [0.25, 0.3) is 0 Å². The van der Waals surface area contributed by atoms with E-state index >= 15 is 0 Å². The molecule has 0 aliphatic rings. The molecule has 1 aromatic carbocycles. The molecule has 0 aliphatic heterocycles. The van der Waals surface area contributed by atoms with E-state index in [1.807, 2.05) is 6.92 Å². The van der Waals surface area contributed by atoms with Crippen LogP contribution in [-0.2, 0) is 15.8 Å². The third-order valence-corrected chi connectivity index (χ3v) is 4.50. The lowest BCUT2D eigenvalue weighted by molar-refractivity contribution is 0.392. The largest absolute Gasteiger partial charge is 0.398 e. The second-order valence-corrected chi connectivity index (χ2v) is 7.06. The van der Waals surface area contributed by atoms with Gasteiger partial charge in [-0.05, 0) is 47.5 Å². The standard InChI is InChI=1S/C12H14BrN3O3S/c1-7-3-10(13)12(5-11(7)14)16-20(17,18)6-9-4-8(2)19-15-9/h3-5,16H,6,14H2,1-2H3. The summed E-state index contributed by atoms with van der Waals surface area (Å²) in [6, 6.07) is 4.91. The van der Waals surface area contributed by atoms with Crippen LogP contribution in [0.2, 0.25) is 0 Å². The number of nitrogens with one attached hydrogen (secondary N) is 1. The number of anilines is 2. The third kappa shape index (κ3) is 3.51. The van der Waals surface area contributed by atoms with Crippen molar-refractivity contribution in [3.8, 4) is 0 Å². The average Bonchev–Trinajstić information content (AvgIpc) is 2.70. The van der Waals surface area contributed by atoms with Crippen LogP contribution in [0.25, 0.3) is 0 Å². The van der Waals surface area contributed by atoms with Crippen molar-refractivity contribution < 1.29 is 12.9 Å². The van der Waals surface area contributed by atoms with E-state index in [0.717, 1.165) is 5.56 Å². The minimum atomic E-state index is -3.58. The third-order valence-electron chi connectivity index (χ3n) is 2.64. The fourth-order valence-electron chi connectivity index (χ4n) is 1.65. The lowest BCUT2D eigenvalue weighted by atomic mass is 10.2. The molecule has 8 heteroatoms. The van der Waals surface area contributed by atoms with Crippen LogP contribution < -0.4 is 10.5 Å². The summed E-state index contributed by atoms with van der Waals surface area (Å²) in [6.07, 6.45) is 0. The SMILES string of the molecule is Cc1cc(CS(=O)(=O)Nc2cc(N)c(C)cc2Br)no1. The Morgan fingerprint density at radius 2 is 2.05 bits per heavy atom. The smallest absolute Gasteiger partial charge is 0.238 e. The molecule has 1 heterocycles.